The highest BCUT2D eigenvalue weighted by molar-refractivity contribution is 5.40. The van der Waals surface area contributed by atoms with Crippen molar-refractivity contribution in [1.82, 2.24) is 15.1 Å². The second-order valence-electron chi connectivity index (χ2n) is 5.00. The van der Waals surface area contributed by atoms with Crippen LogP contribution in [0.5, 0.6) is 0 Å². The summed E-state index contributed by atoms with van der Waals surface area (Å²) in [5.74, 6) is 0. The van der Waals surface area contributed by atoms with E-state index in [2.05, 4.69) is 48.5 Å². The molecular weight excluding hydrogens is 234 g/mol. The smallest absolute Gasteiger partial charge is 0.0690 e. The molecule has 0 spiro atoms. The minimum Gasteiger partial charge on any atom is -0.310 e. The molecule has 102 valence electrons. The van der Waals surface area contributed by atoms with Crippen molar-refractivity contribution in [2.75, 3.05) is 0 Å². The number of nitrogens with one attached hydrogen (secondary N) is 1. The van der Waals surface area contributed by atoms with Crippen molar-refractivity contribution in [3.8, 4) is 5.69 Å². The molecule has 1 heterocycles. The Morgan fingerprint density at radius 1 is 1.26 bits per heavy atom. The van der Waals surface area contributed by atoms with Gasteiger partial charge in [0.15, 0.2) is 0 Å². The molecule has 0 fully saturated rings. The molecule has 1 unspecified atom stereocenters. The van der Waals surface area contributed by atoms with Crippen molar-refractivity contribution >= 4 is 0 Å². The summed E-state index contributed by atoms with van der Waals surface area (Å²) >= 11 is 0. The minimum absolute atomic E-state index is 0.561. The van der Waals surface area contributed by atoms with Crippen LogP contribution in [0.15, 0.2) is 42.7 Å². The fraction of sp³-hybridized carbons (Fsp3) is 0.438. The first kappa shape index (κ1) is 13.8. The Balaban J connectivity index is 2.01. The van der Waals surface area contributed by atoms with Gasteiger partial charge in [0.2, 0.25) is 0 Å². The summed E-state index contributed by atoms with van der Waals surface area (Å²) in [4.78, 5) is 0. The van der Waals surface area contributed by atoms with Gasteiger partial charge >= 0.3 is 0 Å². The Bertz CT molecular complexity index is 476. The monoisotopic (exact) mass is 257 g/mol. The standard InChI is InChI=1S/C16H23N3/c1-3-4-8-14(2)17-13-15-9-5-6-10-16(15)19-12-7-11-18-19/h5-7,9-12,14,17H,3-4,8,13H2,1-2H3. The van der Waals surface area contributed by atoms with Gasteiger partial charge in [0.25, 0.3) is 0 Å². The summed E-state index contributed by atoms with van der Waals surface area (Å²) < 4.78 is 1.92. The molecule has 2 rings (SSSR count). The van der Waals surface area contributed by atoms with Crippen LogP contribution in [-0.2, 0) is 6.54 Å². The normalized spacial score (nSPS) is 12.5. The lowest BCUT2D eigenvalue weighted by atomic mass is 10.1. The number of aromatic nitrogens is 2. The third-order valence-electron chi connectivity index (χ3n) is 3.37. The lowest BCUT2D eigenvalue weighted by Gasteiger charge is -2.15. The van der Waals surface area contributed by atoms with Gasteiger partial charge < -0.3 is 5.32 Å². The number of hydrogen-bond acceptors (Lipinski definition) is 2. The lowest BCUT2D eigenvalue weighted by Crippen LogP contribution is -2.25. The minimum atomic E-state index is 0.561. The van der Waals surface area contributed by atoms with Crippen LogP contribution in [0.4, 0.5) is 0 Å². The highest BCUT2D eigenvalue weighted by atomic mass is 15.3. The van der Waals surface area contributed by atoms with Crippen LogP contribution in [0.3, 0.4) is 0 Å². The molecule has 1 N–H and O–H groups in total. The Labute approximate surface area is 115 Å². The maximum atomic E-state index is 4.31. The maximum absolute atomic E-state index is 4.31. The van der Waals surface area contributed by atoms with Crippen molar-refractivity contribution in [2.45, 2.75) is 45.7 Å². The molecule has 0 radical (unpaired) electrons. The summed E-state index contributed by atoms with van der Waals surface area (Å²) in [7, 11) is 0. The zero-order chi connectivity index (χ0) is 13.5. The van der Waals surface area contributed by atoms with Crippen molar-refractivity contribution in [3.05, 3.63) is 48.3 Å². The largest absolute Gasteiger partial charge is 0.310 e. The predicted molar refractivity (Wildman–Crippen MR) is 79.4 cm³/mol. The first-order valence-electron chi connectivity index (χ1n) is 7.12. The zero-order valence-corrected chi connectivity index (χ0v) is 11.8. The summed E-state index contributed by atoms with van der Waals surface area (Å²) in [6.07, 6.45) is 7.58. The summed E-state index contributed by atoms with van der Waals surface area (Å²) in [6, 6.07) is 10.9. The zero-order valence-electron chi connectivity index (χ0n) is 11.8. The van der Waals surface area contributed by atoms with Gasteiger partial charge in [-0.25, -0.2) is 4.68 Å². The van der Waals surface area contributed by atoms with Crippen LogP contribution in [0.25, 0.3) is 5.69 Å². The first-order chi connectivity index (χ1) is 9.31. The lowest BCUT2D eigenvalue weighted by molar-refractivity contribution is 0.494. The second kappa shape index (κ2) is 7.10. The molecule has 1 aromatic heterocycles. The first-order valence-corrected chi connectivity index (χ1v) is 7.12. The van der Waals surface area contributed by atoms with Crippen LogP contribution in [-0.4, -0.2) is 15.8 Å². The van der Waals surface area contributed by atoms with Crippen LogP contribution >= 0.6 is 0 Å². The Morgan fingerprint density at radius 3 is 2.84 bits per heavy atom. The van der Waals surface area contributed by atoms with Crippen molar-refractivity contribution in [3.63, 3.8) is 0 Å². The van der Waals surface area contributed by atoms with Gasteiger partial charge in [-0.15, -0.1) is 0 Å². The van der Waals surface area contributed by atoms with Crippen molar-refractivity contribution in [2.24, 2.45) is 0 Å². The van der Waals surface area contributed by atoms with Gasteiger partial charge in [0, 0.05) is 25.0 Å². The molecule has 2 aromatic rings. The molecule has 1 atom stereocenters. The molecule has 0 aliphatic rings. The highest BCUT2D eigenvalue weighted by Gasteiger charge is 2.06. The van der Waals surface area contributed by atoms with E-state index in [-0.39, 0.29) is 0 Å². The highest BCUT2D eigenvalue weighted by Crippen LogP contribution is 2.13. The fourth-order valence-corrected chi connectivity index (χ4v) is 2.19. The van der Waals surface area contributed by atoms with E-state index in [1.807, 2.05) is 23.1 Å². The number of unbranched alkanes of at least 4 members (excludes halogenated alkanes) is 1. The van der Waals surface area contributed by atoms with E-state index in [0.717, 1.165) is 12.2 Å². The van der Waals surface area contributed by atoms with E-state index in [0.29, 0.717) is 6.04 Å². The quantitative estimate of drug-likeness (QED) is 0.822. The molecular formula is C16H23N3. The number of nitrogens with zero attached hydrogens (tertiary/aromatic N) is 2. The van der Waals surface area contributed by atoms with Gasteiger partial charge in [0.05, 0.1) is 5.69 Å². The average molecular weight is 257 g/mol. The average Bonchev–Trinajstić information content (AvgIpc) is 2.97. The molecule has 0 saturated carbocycles. The van der Waals surface area contributed by atoms with Gasteiger partial charge in [-0.2, -0.15) is 5.10 Å². The Hall–Kier alpha value is -1.61. The molecule has 0 amide bonds. The van der Waals surface area contributed by atoms with Crippen LogP contribution in [0.1, 0.15) is 38.7 Å². The maximum Gasteiger partial charge on any atom is 0.0690 e. The third-order valence-corrected chi connectivity index (χ3v) is 3.37. The van der Waals surface area contributed by atoms with Crippen LogP contribution < -0.4 is 5.32 Å². The third kappa shape index (κ3) is 3.93. The fourth-order valence-electron chi connectivity index (χ4n) is 2.19. The van der Waals surface area contributed by atoms with E-state index in [1.54, 1.807) is 0 Å². The van der Waals surface area contributed by atoms with Gasteiger partial charge in [-0.05, 0) is 31.0 Å². The molecule has 0 aliphatic heterocycles. The number of benzene rings is 1. The van der Waals surface area contributed by atoms with E-state index in [4.69, 9.17) is 0 Å². The molecule has 0 saturated heterocycles. The molecule has 19 heavy (non-hydrogen) atoms. The molecule has 3 nitrogen and oxygen atoms in total. The van der Waals surface area contributed by atoms with E-state index >= 15 is 0 Å². The van der Waals surface area contributed by atoms with E-state index in [1.165, 1.54) is 24.8 Å². The topological polar surface area (TPSA) is 29.9 Å². The summed E-state index contributed by atoms with van der Waals surface area (Å²) in [5, 5.41) is 7.91. The Morgan fingerprint density at radius 2 is 2.11 bits per heavy atom. The number of hydrogen-bond donors (Lipinski definition) is 1. The SMILES string of the molecule is CCCCC(C)NCc1ccccc1-n1cccn1. The molecule has 1 aromatic carbocycles. The molecule has 3 heteroatoms. The van der Waals surface area contributed by atoms with Gasteiger partial charge in [0.1, 0.15) is 0 Å². The van der Waals surface area contributed by atoms with E-state index < -0.39 is 0 Å². The molecule has 0 aliphatic carbocycles. The van der Waals surface area contributed by atoms with Crippen LogP contribution in [0, 0.1) is 0 Å². The summed E-state index contributed by atoms with van der Waals surface area (Å²) in [6.45, 7) is 5.38. The van der Waals surface area contributed by atoms with Crippen molar-refractivity contribution < 1.29 is 0 Å². The number of rotatable bonds is 7. The predicted octanol–water partition coefficient (Wildman–Crippen LogP) is 3.54. The second-order valence-corrected chi connectivity index (χ2v) is 5.00. The Kier molecular flexibility index (Phi) is 5.16. The molecule has 0 bridgehead atoms. The number of para-hydroxylation sites is 1. The summed E-state index contributed by atoms with van der Waals surface area (Å²) in [5.41, 5.74) is 2.44. The van der Waals surface area contributed by atoms with Crippen molar-refractivity contribution in [1.29, 1.82) is 0 Å². The van der Waals surface area contributed by atoms with Crippen LogP contribution in [0.2, 0.25) is 0 Å². The van der Waals surface area contributed by atoms with Gasteiger partial charge in [-0.3, -0.25) is 0 Å². The van der Waals surface area contributed by atoms with E-state index in [9.17, 15) is 0 Å². The van der Waals surface area contributed by atoms with Gasteiger partial charge in [-0.1, -0.05) is 38.0 Å².